The maximum absolute atomic E-state index is 12.4. The van der Waals surface area contributed by atoms with Crippen LogP contribution in [0.4, 0.5) is 5.00 Å². The third kappa shape index (κ3) is 4.79. The van der Waals surface area contributed by atoms with Gasteiger partial charge in [-0.25, -0.2) is 9.59 Å². The van der Waals surface area contributed by atoms with Crippen molar-refractivity contribution in [2.45, 2.75) is 32.6 Å². The van der Waals surface area contributed by atoms with Crippen molar-refractivity contribution in [3.05, 3.63) is 16.0 Å². The normalized spacial score (nSPS) is 15.3. The Balaban J connectivity index is 2.17. The van der Waals surface area contributed by atoms with E-state index in [4.69, 9.17) is 9.47 Å². The molecule has 1 aromatic heterocycles. The number of anilines is 1. The summed E-state index contributed by atoms with van der Waals surface area (Å²) in [6.45, 7) is 3.70. The van der Waals surface area contributed by atoms with E-state index in [9.17, 15) is 14.4 Å². The van der Waals surface area contributed by atoms with E-state index in [0.717, 1.165) is 37.3 Å². The summed E-state index contributed by atoms with van der Waals surface area (Å²) in [6.07, 6.45) is 4.56. The molecule has 7 nitrogen and oxygen atoms in total. The molecule has 1 aromatic rings. The lowest BCUT2D eigenvalue weighted by atomic mass is 10.1. The van der Waals surface area contributed by atoms with Crippen LogP contribution in [0.2, 0.25) is 0 Å². The zero-order valence-electron chi connectivity index (χ0n) is 14.8. The monoisotopic (exact) mass is 368 g/mol. The van der Waals surface area contributed by atoms with Gasteiger partial charge in [0.1, 0.15) is 9.88 Å². The first-order chi connectivity index (χ1) is 12.0. The minimum atomic E-state index is -0.589. The lowest BCUT2D eigenvalue weighted by molar-refractivity contribution is -0.117. The predicted octanol–water partition coefficient (Wildman–Crippen LogP) is 2.44. The topological polar surface area (TPSA) is 84.9 Å². The zero-order chi connectivity index (χ0) is 18.4. The van der Waals surface area contributed by atoms with Crippen LogP contribution >= 0.6 is 11.3 Å². The zero-order valence-corrected chi connectivity index (χ0v) is 15.7. The summed E-state index contributed by atoms with van der Waals surface area (Å²) in [4.78, 5) is 38.7. The van der Waals surface area contributed by atoms with Crippen molar-refractivity contribution in [3.63, 3.8) is 0 Å². The van der Waals surface area contributed by atoms with Crippen molar-refractivity contribution in [1.82, 2.24) is 4.90 Å². The van der Waals surface area contributed by atoms with Gasteiger partial charge in [-0.05, 0) is 38.4 Å². The first-order valence-corrected chi connectivity index (χ1v) is 9.11. The first-order valence-electron chi connectivity index (χ1n) is 8.30. The fourth-order valence-electron chi connectivity index (χ4n) is 2.90. The van der Waals surface area contributed by atoms with Crippen molar-refractivity contribution in [3.8, 4) is 0 Å². The van der Waals surface area contributed by atoms with Gasteiger partial charge >= 0.3 is 11.9 Å². The molecule has 0 aliphatic carbocycles. The van der Waals surface area contributed by atoms with Gasteiger partial charge in [0.25, 0.3) is 0 Å². The third-order valence-electron chi connectivity index (χ3n) is 4.23. The fraction of sp³-hybridized carbons (Fsp3) is 0.588. The SMILES string of the molecule is COC(=O)c1sc(NC(=O)CN2CCCCCC2)c(C(=O)OC)c1C. The Kier molecular flexibility index (Phi) is 6.95. The Labute approximate surface area is 151 Å². The maximum atomic E-state index is 12.4. The van der Waals surface area contributed by atoms with Gasteiger partial charge in [-0.1, -0.05) is 12.8 Å². The summed E-state index contributed by atoms with van der Waals surface area (Å²) in [5, 5.41) is 3.09. The van der Waals surface area contributed by atoms with Crippen LogP contribution in [0.5, 0.6) is 0 Å². The molecule has 138 valence electrons. The van der Waals surface area contributed by atoms with Gasteiger partial charge in [0, 0.05) is 0 Å². The number of nitrogens with zero attached hydrogens (tertiary/aromatic N) is 1. The van der Waals surface area contributed by atoms with Gasteiger partial charge in [0.2, 0.25) is 5.91 Å². The molecule has 0 saturated carbocycles. The standard InChI is InChI=1S/C17H24N2O5S/c1-11-13(16(21)23-2)15(25-14(11)17(22)24-3)18-12(20)10-19-8-6-4-5-7-9-19/h4-10H2,1-3H3,(H,18,20). The molecule has 0 atom stereocenters. The van der Waals surface area contributed by atoms with Crippen LogP contribution in [0.15, 0.2) is 0 Å². The summed E-state index contributed by atoms with van der Waals surface area (Å²) in [5.41, 5.74) is 0.658. The number of methoxy groups -OCH3 is 2. The molecule has 0 bridgehead atoms. The Bertz CT molecular complexity index is 648. The maximum Gasteiger partial charge on any atom is 0.348 e. The number of nitrogens with one attached hydrogen (secondary N) is 1. The predicted molar refractivity (Wildman–Crippen MR) is 95.3 cm³/mol. The minimum absolute atomic E-state index is 0.204. The van der Waals surface area contributed by atoms with E-state index in [-0.39, 0.29) is 22.9 Å². The highest BCUT2D eigenvalue weighted by atomic mass is 32.1. The Morgan fingerprint density at radius 3 is 2.20 bits per heavy atom. The average molecular weight is 368 g/mol. The van der Waals surface area contributed by atoms with Gasteiger partial charge in [-0.3, -0.25) is 9.69 Å². The molecule has 8 heteroatoms. The van der Waals surface area contributed by atoms with Crippen LogP contribution in [0.3, 0.4) is 0 Å². The molecule has 0 radical (unpaired) electrons. The number of carbonyl (C=O) groups excluding carboxylic acids is 3. The molecule has 1 amide bonds. The Morgan fingerprint density at radius 1 is 1.04 bits per heavy atom. The highest BCUT2D eigenvalue weighted by Crippen LogP contribution is 2.34. The number of ether oxygens (including phenoxy) is 2. The number of thiophene rings is 1. The van der Waals surface area contributed by atoms with E-state index in [1.165, 1.54) is 27.1 Å². The molecular weight excluding hydrogens is 344 g/mol. The van der Waals surface area contributed by atoms with Crippen molar-refractivity contribution in [2.75, 3.05) is 39.2 Å². The average Bonchev–Trinajstić information content (AvgIpc) is 2.77. The van der Waals surface area contributed by atoms with Crippen LogP contribution in [0, 0.1) is 6.92 Å². The number of esters is 2. The van der Waals surface area contributed by atoms with E-state index in [2.05, 4.69) is 10.2 Å². The lowest BCUT2D eigenvalue weighted by Gasteiger charge is -2.18. The molecule has 2 heterocycles. The second-order valence-corrected chi connectivity index (χ2v) is 7.00. The number of rotatable bonds is 5. The van der Waals surface area contributed by atoms with Crippen molar-refractivity contribution >= 4 is 34.2 Å². The van der Waals surface area contributed by atoms with Gasteiger partial charge < -0.3 is 14.8 Å². The minimum Gasteiger partial charge on any atom is -0.465 e. The molecular formula is C17H24N2O5S. The second kappa shape index (κ2) is 8.96. The molecule has 1 aliphatic heterocycles. The summed E-state index contributed by atoms with van der Waals surface area (Å²) in [7, 11) is 2.54. The van der Waals surface area contributed by atoms with E-state index in [1.807, 2.05) is 0 Å². The van der Waals surface area contributed by atoms with E-state index in [0.29, 0.717) is 10.6 Å². The number of hydrogen-bond donors (Lipinski definition) is 1. The molecule has 2 rings (SSSR count). The Hall–Kier alpha value is -1.93. The molecule has 0 spiro atoms. The highest BCUT2D eigenvalue weighted by Gasteiger charge is 2.27. The van der Waals surface area contributed by atoms with Crippen LogP contribution in [-0.2, 0) is 14.3 Å². The van der Waals surface area contributed by atoms with Gasteiger partial charge in [0.15, 0.2) is 0 Å². The van der Waals surface area contributed by atoms with Crippen LogP contribution in [-0.4, -0.2) is 56.6 Å². The summed E-state index contributed by atoms with van der Waals surface area (Å²) >= 11 is 1.03. The quantitative estimate of drug-likeness (QED) is 0.804. The molecule has 1 N–H and O–H groups in total. The largest absolute Gasteiger partial charge is 0.465 e. The lowest BCUT2D eigenvalue weighted by Crippen LogP contribution is -2.34. The molecule has 1 saturated heterocycles. The number of carbonyl (C=O) groups is 3. The number of hydrogen-bond acceptors (Lipinski definition) is 7. The molecule has 25 heavy (non-hydrogen) atoms. The van der Waals surface area contributed by atoms with E-state index in [1.54, 1.807) is 6.92 Å². The van der Waals surface area contributed by atoms with Gasteiger partial charge in [-0.2, -0.15) is 0 Å². The van der Waals surface area contributed by atoms with Crippen molar-refractivity contribution in [2.24, 2.45) is 0 Å². The third-order valence-corrected chi connectivity index (χ3v) is 5.41. The fourth-order valence-corrected chi connectivity index (χ4v) is 4.03. The Morgan fingerprint density at radius 2 is 1.64 bits per heavy atom. The summed E-state index contributed by atoms with van der Waals surface area (Å²) < 4.78 is 9.52. The smallest absolute Gasteiger partial charge is 0.348 e. The number of amides is 1. The summed E-state index contributed by atoms with van der Waals surface area (Å²) in [5.74, 6) is -1.33. The highest BCUT2D eigenvalue weighted by molar-refractivity contribution is 7.18. The van der Waals surface area contributed by atoms with Crippen molar-refractivity contribution < 1.29 is 23.9 Å². The van der Waals surface area contributed by atoms with Crippen molar-refractivity contribution in [1.29, 1.82) is 0 Å². The van der Waals surface area contributed by atoms with E-state index < -0.39 is 11.9 Å². The van der Waals surface area contributed by atoms with Gasteiger partial charge in [0.05, 0.1) is 26.3 Å². The van der Waals surface area contributed by atoms with E-state index >= 15 is 0 Å². The number of likely N-dealkylation sites (tertiary alicyclic amines) is 1. The molecule has 0 aromatic carbocycles. The van der Waals surface area contributed by atoms with Crippen LogP contribution < -0.4 is 5.32 Å². The van der Waals surface area contributed by atoms with Gasteiger partial charge in [-0.15, -0.1) is 11.3 Å². The molecule has 1 aliphatic rings. The van der Waals surface area contributed by atoms with Crippen LogP contribution in [0.25, 0.3) is 0 Å². The van der Waals surface area contributed by atoms with Crippen LogP contribution in [0.1, 0.15) is 51.3 Å². The second-order valence-electron chi connectivity index (χ2n) is 5.98. The molecule has 0 unspecified atom stereocenters. The summed E-state index contributed by atoms with van der Waals surface area (Å²) in [6, 6.07) is 0. The first kappa shape index (κ1) is 19.4. The molecule has 1 fully saturated rings.